The highest BCUT2D eigenvalue weighted by Crippen LogP contribution is 2.21. The van der Waals surface area contributed by atoms with E-state index in [1.54, 1.807) is 13.2 Å². The number of likely N-dealkylation sites (tertiary alicyclic amines) is 1. The van der Waals surface area contributed by atoms with Crippen LogP contribution in [-0.4, -0.2) is 37.6 Å². The molecule has 3 rings (SSSR count). The van der Waals surface area contributed by atoms with Crippen LogP contribution in [0.5, 0.6) is 5.75 Å². The Morgan fingerprint density at radius 3 is 2.59 bits per heavy atom. The molecule has 1 heterocycles. The molecule has 6 heteroatoms. The molecule has 0 aromatic heterocycles. The van der Waals surface area contributed by atoms with Crippen LogP contribution >= 0.6 is 15.9 Å². The number of ether oxygens (including phenoxy) is 1. The van der Waals surface area contributed by atoms with Crippen LogP contribution in [0.3, 0.4) is 0 Å². The minimum absolute atomic E-state index is 0.234. The Hall–Kier alpha value is -1.92. The third-order valence-electron chi connectivity index (χ3n) is 5.00. The number of hydrogen-bond acceptors (Lipinski definition) is 3. The summed E-state index contributed by atoms with van der Waals surface area (Å²) in [6, 6.07) is 12.3. The maximum absolute atomic E-state index is 13.4. The van der Waals surface area contributed by atoms with E-state index in [1.165, 1.54) is 17.7 Å². The van der Waals surface area contributed by atoms with Gasteiger partial charge >= 0.3 is 0 Å². The van der Waals surface area contributed by atoms with Crippen molar-refractivity contribution in [3.8, 4) is 5.75 Å². The van der Waals surface area contributed by atoms with Crippen molar-refractivity contribution in [1.82, 2.24) is 10.2 Å². The molecule has 2 aromatic rings. The van der Waals surface area contributed by atoms with E-state index in [-0.39, 0.29) is 5.91 Å². The van der Waals surface area contributed by atoms with Gasteiger partial charge in [0.1, 0.15) is 11.6 Å². The Balaban J connectivity index is 1.44. The van der Waals surface area contributed by atoms with Gasteiger partial charge in [0, 0.05) is 17.6 Å². The molecule has 27 heavy (non-hydrogen) atoms. The fraction of sp³-hybridized carbons (Fsp3) is 0.381. The van der Waals surface area contributed by atoms with Gasteiger partial charge in [-0.25, -0.2) is 4.39 Å². The van der Waals surface area contributed by atoms with Crippen LogP contribution in [0.25, 0.3) is 0 Å². The van der Waals surface area contributed by atoms with Gasteiger partial charge in [0.05, 0.1) is 12.7 Å². The van der Waals surface area contributed by atoms with Crippen LogP contribution < -0.4 is 10.1 Å². The lowest BCUT2D eigenvalue weighted by Crippen LogP contribution is -2.38. The van der Waals surface area contributed by atoms with Crippen molar-refractivity contribution < 1.29 is 13.9 Å². The highest BCUT2D eigenvalue weighted by molar-refractivity contribution is 9.10. The van der Waals surface area contributed by atoms with Gasteiger partial charge in [0.15, 0.2) is 0 Å². The third-order valence-corrected chi connectivity index (χ3v) is 5.69. The number of amides is 1. The molecular weight excluding hydrogens is 411 g/mol. The van der Waals surface area contributed by atoms with Crippen LogP contribution in [0.1, 0.15) is 28.8 Å². The fourth-order valence-corrected chi connectivity index (χ4v) is 3.77. The number of piperidine rings is 1. The van der Waals surface area contributed by atoms with Gasteiger partial charge in [-0.1, -0.05) is 12.1 Å². The Morgan fingerprint density at radius 1 is 1.22 bits per heavy atom. The van der Waals surface area contributed by atoms with E-state index >= 15 is 0 Å². The SMILES string of the molecule is COc1ccc(CN2CCC(CNC(=O)c3cc(F)ccc3Br)CC2)cc1. The summed E-state index contributed by atoms with van der Waals surface area (Å²) in [5.41, 5.74) is 1.62. The molecule has 0 atom stereocenters. The first kappa shape index (κ1) is 19.8. The first-order chi connectivity index (χ1) is 13.0. The van der Waals surface area contributed by atoms with E-state index in [2.05, 4.69) is 38.3 Å². The number of methoxy groups -OCH3 is 1. The van der Waals surface area contributed by atoms with Crippen molar-refractivity contribution in [2.45, 2.75) is 19.4 Å². The summed E-state index contributed by atoms with van der Waals surface area (Å²) in [4.78, 5) is 14.7. The average molecular weight is 435 g/mol. The summed E-state index contributed by atoms with van der Waals surface area (Å²) in [6.45, 7) is 3.57. The molecule has 0 spiro atoms. The normalized spacial score (nSPS) is 15.5. The predicted octanol–water partition coefficient (Wildman–Crippen LogP) is 4.24. The van der Waals surface area contributed by atoms with Crippen LogP contribution in [0, 0.1) is 11.7 Å². The molecule has 1 saturated heterocycles. The van der Waals surface area contributed by atoms with E-state index in [0.717, 1.165) is 38.2 Å². The molecule has 1 N–H and O–H groups in total. The first-order valence-corrected chi connectivity index (χ1v) is 9.93. The topological polar surface area (TPSA) is 41.6 Å². The van der Waals surface area contributed by atoms with Crippen LogP contribution in [0.2, 0.25) is 0 Å². The molecule has 0 aliphatic carbocycles. The lowest BCUT2D eigenvalue weighted by atomic mass is 9.96. The van der Waals surface area contributed by atoms with E-state index < -0.39 is 5.82 Å². The minimum atomic E-state index is -0.407. The zero-order valence-corrected chi connectivity index (χ0v) is 17.0. The molecule has 1 aliphatic heterocycles. The van der Waals surface area contributed by atoms with Gasteiger partial charge in [0.2, 0.25) is 0 Å². The highest BCUT2D eigenvalue weighted by atomic mass is 79.9. The van der Waals surface area contributed by atoms with Crippen molar-refractivity contribution in [2.24, 2.45) is 5.92 Å². The first-order valence-electron chi connectivity index (χ1n) is 9.13. The second-order valence-corrected chi connectivity index (χ2v) is 7.76. The Bertz CT molecular complexity index is 774. The number of nitrogens with one attached hydrogen (secondary N) is 1. The summed E-state index contributed by atoms with van der Waals surface area (Å²) >= 11 is 3.30. The number of halogens is 2. The van der Waals surface area contributed by atoms with Crippen LogP contribution in [0.15, 0.2) is 46.9 Å². The van der Waals surface area contributed by atoms with Gasteiger partial charge < -0.3 is 10.1 Å². The Labute approximate surface area is 167 Å². The number of carbonyl (C=O) groups excluding carboxylic acids is 1. The van der Waals surface area contributed by atoms with Crippen molar-refractivity contribution >= 4 is 21.8 Å². The number of hydrogen-bond donors (Lipinski definition) is 1. The van der Waals surface area contributed by atoms with E-state index in [4.69, 9.17) is 4.74 Å². The molecule has 1 fully saturated rings. The summed E-state index contributed by atoms with van der Waals surface area (Å²) in [5.74, 6) is 0.684. The van der Waals surface area contributed by atoms with Crippen LogP contribution in [0.4, 0.5) is 4.39 Å². The molecule has 144 valence electrons. The van der Waals surface area contributed by atoms with E-state index in [1.807, 2.05) is 12.1 Å². The second kappa shape index (κ2) is 9.33. The quantitative estimate of drug-likeness (QED) is 0.738. The summed E-state index contributed by atoms with van der Waals surface area (Å²) in [5, 5.41) is 2.95. The average Bonchev–Trinajstić information content (AvgIpc) is 2.69. The van der Waals surface area contributed by atoms with Gasteiger partial charge in [0.25, 0.3) is 5.91 Å². The molecule has 4 nitrogen and oxygen atoms in total. The summed E-state index contributed by atoms with van der Waals surface area (Å²) in [7, 11) is 1.67. The minimum Gasteiger partial charge on any atom is -0.497 e. The number of benzene rings is 2. The fourth-order valence-electron chi connectivity index (χ4n) is 3.34. The van der Waals surface area contributed by atoms with Crippen molar-refractivity contribution in [1.29, 1.82) is 0 Å². The molecule has 1 amide bonds. The zero-order chi connectivity index (χ0) is 19.2. The van der Waals surface area contributed by atoms with Gasteiger partial charge in [-0.15, -0.1) is 0 Å². The van der Waals surface area contributed by atoms with E-state index in [0.29, 0.717) is 22.5 Å². The number of nitrogens with zero attached hydrogens (tertiary/aromatic N) is 1. The largest absolute Gasteiger partial charge is 0.497 e. The number of rotatable bonds is 6. The Kier molecular flexibility index (Phi) is 6.85. The monoisotopic (exact) mass is 434 g/mol. The second-order valence-electron chi connectivity index (χ2n) is 6.90. The smallest absolute Gasteiger partial charge is 0.252 e. The third kappa shape index (κ3) is 5.53. The molecule has 0 radical (unpaired) electrons. The molecule has 0 saturated carbocycles. The highest BCUT2D eigenvalue weighted by Gasteiger charge is 2.20. The standard InChI is InChI=1S/C21H24BrFN2O2/c1-27-18-5-2-16(3-6-18)14-25-10-8-15(9-11-25)13-24-21(26)19-12-17(23)4-7-20(19)22/h2-7,12,15H,8-11,13-14H2,1H3,(H,24,26). The lowest BCUT2D eigenvalue weighted by Gasteiger charge is -2.32. The van der Waals surface area contributed by atoms with Gasteiger partial charge in [-0.2, -0.15) is 0 Å². The van der Waals surface area contributed by atoms with Gasteiger partial charge in [-0.3, -0.25) is 9.69 Å². The van der Waals surface area contributed by atoms with Crippen molar-refractivity contribution in [3.63, 3.8) is 0 Å². The van der Waals surface area contributed by atoms with Crippen molar-refractivity contribution in [2.75, 3.05) is 26.7 Å². The Morgan fingerprint density at radius 2 is 1.93 bits per heavy atom. The van der Waals surface area contributed by atoms with Gasteiger partial charge in [-0.05, 0) is 83.7 Å². The molecular formula is C21H24BrFN2O2. The molecule has 2 aromatic carbocycles. The maximum Gasteiger partial charge on any atom is 0.252 e. The maximum atomic E-state index is 13.4. The molecule has 0 bridgehead atoms. The molecule has 1 aliphatic rings. The number of carbonyl (C=O) groups is 1. The summed E-state index contributed by atoms with van der Waals surface area (Å²) < 4.78 is 19.2. The van der Waals surface area contributed by atoms with Crippen molar-refractivity contribution in [3.05, 3.63) is 63.9 Å². The summed E-state index contributed by atoms with van der Waals surface area (Å²) in [6.07, 6.45) is 2.08. The zero-order valence-electron chi connectivity index (χ0n) is 15.4. The molecule has 0 unspecified atom stereocenters. The van der Waals surface area contributed by atoms with Crippen LogP contribution in [-0.2, 0) is 6.54 Å². The van der Waals surface area contributed by atoms with E-state index in [9.17, 15) is 9.18 Å². The lowest BCUT2D eigenvalue weighted by molar-refractivity contribution is 0.0934. The predicted molar refractivity (Wildman–Crippen MR) is 107 cm³/mol.